The number of esters is 1. The van der Waals surface area contributed by atoms with Crippen molar-refractivity contribution in [1.29, 1.82) is 0 Å². The number of hydrogen-bond donors (Lipinski definition) is 1. The molecule has 0 heterocycles. The second kappa shape index (κ2) is 7.79. The Kier molecular flexibility index (Phi) is 5.76. The molecule has 0 unspecified atom stereocenters. The summed E-state index contributed by atoms with van der Waals surface area (Å²) in [5.74, 6) is -1.69. The first-order chi connectivity index (χ1) is 11.4. The summed E-state index contributed by atoms with van der Waals surface area (Å²) in [4.78, 5) is 25.7. The number of carbonyl (C=O) groups is 2. The lowest BCUT2D eigenvalue weighted by molar-refractivity contribution is -0.119. The Balaban J connectivity index is 1.93. The maximum absolute atomic E-state index is 12.9. The average molecular weight is 351 g/mol. The molecular formula is C17H16ClFN2O3. The van der Waals surface area contributed by atoms with Crippen LogP contribution in [0.5, 0.6) is 0 Å². The molecule has 0 radical (unpaired) electrons. The number of halogens is 2. The van der Waals surface area contributed by atoms with Gasteiger partial charge >= 0.3 is 5.97 Å². The number of anilines is 2. The molecule has 0 bridgehead atoms. The molecule has 0 aliphatic heterocycles. The van der Waals surface area contributed by atoms with Gasteiger partial charge in [0.15, 0.2) is 6.61 Å². The molecule has 0 aliphatic carbocycles. The van der Waals surface area contributed by atoms with Crippen LogP contribution in [0.3, 0.4) is 0 Å². The monoisotopic (exact) mass is 350 g/mol. The van der Waals surface area contributed by atoms with Gasteiger partial charge in [0.25, 0.3) is 5.91 Å². The van der Waals surface area contributed by atoms with Crippen molar-refractivity contribution in [2.75, 3.05) is 30.9 Å². The molecule has 7 heteroatoms. The van der Waals surface area contributed by atoms with Gasteiger partial charge in [0.1, 0.15) is 5.82 Å². The van der Waals surface area contributed by atoms with Crippen LogP contribution in [-0.2, 0) is 9.53 Å². The van der Waals surface area contributed by atoms with E-state index in [1.54, 1.807) is 18.2 Å². The Morgan fingerprint density at radius 1 is 1.21 bits per heavy atom. The number of ether oxygens (including phenoxy) is 1. The maximum atomic E-state index is 12.9. The van der Waals surface area contributed by atoms with E-state index in [0.717, 1.165) is 11.8 Å². The van der Waals surface area contributed by atoms with Gasteiger partial charge in [0, 0.05) is 19.8 Å². The molecule has 2 aromatic carbocycles. The quantitative estimate of drug-likeness (QED) is 0.840. The minimum atomic E-state index is -0.612. The number of benzene rings is 2. The molecule has 1 amide bonds. The average Bonchev–Trinajstić information content (AvgIpc) is 2.55. The topological polar surface area (TPSA) is 58.6 Å². The van der Waals surface area contributed by atoms with Gasteiger partial charge in [0.2, 0.25) is 0 Å². The Morgan fingerprint density at radius 3 is 2.62 bits per heavy atom. The summed E-state index contributed by atoms with van der Waals surface area (Å²) in [6.45, 7) is -0.473. The molecule has 0 atom stereocenters. The summed E-state index contributed by atoms with van der Waals surface area (Å²) in [6.07, 6.45) is 0. The molecule has 0 spiro atoms. The third kappa shape index (κ3) is 4.70. The van der Waals surface area contributed by atoms with Crippen molar-refractivity contribution < 1.29 is 18.7 Å². The van der Waals surface area contributed by atoms with E-state index < -0.39 is 24.3 Å². The van der Waals surface area contributed by atoms with Gasteiger partial charge in [0.05, 0.1) is 16.3 Å². The summed E-state index contributed by atoms with van der Waals surface area (Å²) in [5.41, 5.74) is 1.43. The third-order valence-corrected chi connectivity index (χ3v) is 3.45. The first-order valence-corrected chi connectivity index (χ1v) is 7.44. The smallest absolute Gasteiger partial charge is 0.338 e. The van der Waals surface area contributed by atoms with Gasteiger partial charge in [-0.1, -0.05) is 17.7 Å². The van der Waals surface area contributed by atoms with Crippen LogP contribution in [0, 0.1) is 5.82 Å². The van der Waals surface area contributed by atoms with E-state index in [2.05, 4.69) is 5.32 Å². The summed E-state index contributed by atoms with van der Waals surface area (Å²) in [6, 6.07) is 10.4. The lowest BCUT2D eigenvalue weighted by atomic mass is 10.2. The Morgan fingerprint density at radius 2 is 1.96 bits per heavy atom. The van der Waals surface area contributed by atoms with E-state index in [4.69, 9.17) is 16.3 Å². The van der Waals surface area contributed by atoms with Crippen molar-refractivity contribution in [3.63, 3.8) is 0 Å². The number of rotatable bonds is 5. The summed E-state index contributed by atoms with van der Waals surface area (Å²) in [5, 5.41) is 2.51. The van der Waals surface area contributed by atoms with E-state index in [9.17, 15) is 14.0 Å². The SMILES string of the molecule is CN(C)c1cccc(C(=O)OCC(=O)Nc2ccc(F)cc2Cl)c1. The summed E-state index contributed by atoms with van der Waals surface area (Å²) >= 11 is 5.81. The minimum absolute atomic E-state index is 0.0633. The van der Waals surface area contributed by atoms with Crippen molar-refractivity contribution in [3.05, 3.63) is 58.9 Å². The van der Waals surface area contributed by atoms with Crippen LogP contribution < -0.4 is 10.2 Å². The van der Waals surface area contributed by atoms with Gasteiger partial charge in [-0.25, -0.2) is 9.18 Å². The Labute approximate surface area is 144 Å². The molecule has 0 saturated heterocycles. The lowest BCUT2D eigenvalue weighted by Crippen LogP contribution is -2.21. The fourth-order valence-corrected chi connectivity index (χ4v) is 2.12. The van der Waals surface area contributed by atoms with Crippen LogP contribution in [-0.4, -0.2) is 32.6 Å². The van der Waals surface area contributed by atoms with E-state index >= 15 is 0 Å². The Bertz CT molecular complexity index is 765. The van der Waals surface area contributed by atoms with Crippen LogP contribution in [0.1, 0.15) is 10.4 Å². The maximum Gasteiger partial charge on any atom is 0.338 e. The highest BCUT2D eigenvalue weighted by atomic mass is 35.5. The van der Waals surface area contributed by atoms with Gasteiger partial charge in [-0.3, -0.25) is 4.79 Å². The van der Waals surface area contributed by atoms with Crippen LogP contribution in [0.4, 0.5) is 15.8 Å². The molecule has 1 N–H and O–H groups in total. The molecule has 0 aliphatic rings. The largest absolute Gasteiger partial charge is 0.452 e. The van der Waals surface area contributed by atoms with Crippen LogP contribution in [0.25, 0.3) is 0 Å². The lowest BCUT2D eigenvalue weighted by Gasteiger charge is -2.13. The highest BCUT2D eigenvalue weighted by Gasteiger charge is 2.12. The first-order valence-electron chi connectivity index (χ1n) is 7.06. The zero-order valence-electron chi connectivity index (χ0n) is 13.2. The van der Waals surface area contributed by atoms with Crippen molar-refractivity contribution >= 4 is 34.9 Å². The van der Waals surface area contributed by atoms with Gasteiger partial charge in [-0.2, -0.15) is 0 Å². The fourth-order valence-electron chi connectivity index (χ4n) is 1.90. The predicted molar refractivity (Wildman–Crippen MR) is 91.1 cm³/mol. The van der Waals surface area contributed by atoms with Crippen LogP contribution >= 0.6 is 11.6 Å². The molecule has 2 aromatic rings. The number of nitrogens with zero attached hydrogens (tertiary/aromatic N) is 1. The molecular weight excluding hydrogens is 335 g/mol. The normalized spacial score (nSPS) is 10.2. The molecule has 5 nitrogen and oxygen atoms in total. The standard InChI is InChI=1S/C17H16ClFN2O3/c1-21(2)13-5-3-4-11(8-13)17(23)24-10-16(22)20-15-7-6-12(19)9-14(15)18/h3-9H,10H2,1-2H3,(H,20,22). The number of amides is 1. The number of carbonyl (C=O) groups excluding carboxylic acids is 2. The van der Waals surface area contributed by atoms with Crippen molar-refractivity contribution in [3.8, 4) is 0 Å². The fraction of sp³-hybridized carbons (Fsp3) is 0.176. The second-order valence-corrected chi connectivity index (χ2v) is 5.60. The van der Waals surface area contributed by atoms with E-state index in [-0.39, 0.29) is 10.7 Å². The first kappa shape index (κ1) is 17.7. The van der Waals surface area contributed by atoms with Crippen molar-refractivity contribution in [1.82, 2.24) is 0 Å². The highest BCUT2D eigenvalue weighted by molar-refractivity contribution is 6.33. The molecule has 2 rings (SSSR count). The summed E-state index contributed by atoms with van der Waals surface area (Å²) < 4.78 is 17.9. The van der Waals surface area contributed by atoms with Gasteiger partial charge in [-0.05, 0) is 36.4 Å². The van der Waals surface area contributed by atoms with Crippen molar-refractivity contribution in [2.24, 2.45) is 0 Å². The van der Waals surface area contributed by atoms with Crippen molar-refractivity contribution in [2.45, 2.75) is 0 Å². The van der Waals surface area contributed by atoms with Gasteiger partial charge in [-0.15, -0.1) is 0 Å². The minimum Gasteiger partial charge on any atom is -0.452 e. The molecule has 24 heavy (non-hydrogen) atoms. The molecule has 0 aromatic heterocycles. The highest BCUT2D eigenvalue weighted by Crippen LogP contribution is 2.22. The van der Waals surface area contributed by atoms with E-state index in [1.165, 1.54) is 12.1 Å². The summed E-state index contributed by atoms with van der Waals surface area (Å²) in [7, 11) is 3.70. The number of hydrogen-bond acceptors (Lipinski definition) is 4. The molecule has 126 valence electrons. The predicted octanol–water partition coefficient (Wildman–Crippen LogP) is 3.34. The van der Waals surface area contributed by atoms with Crippen LogP contribution in [0.15, 0.2) is 42.5 Å². The zero-order valence-corrected chi connectivity index (χ0v) is 13.9. The number of nitrogens with one attached hydrogen (secondary N) is 1. The third-order valence-electron chi connectivity index (χ3n) is 3.14. The molecule has 0 saturated carbocycles. The van der Waals surface area contributed by atoms with Crippen LogP contribution in [0.2, 0.25) is 5.02 Å². The second-order valence-electron chi connectivity index (χ2n) is 5.19. The van der Waals surface area contributed by atoms with Gasteiger partial charge < -0.3 is 15.0 Å². The zero-order chi connectivity index (χ0) is 17.7. The Hall–Kier alpha value is -2.60. The van der Waals surface area contributed by atoms with E-state index in [0.29, 0.717) is 5.56 Å². The van der Waals surface area contributed by atoms with E-state index in [1.807, 2.05) is 25.1 Å². The molecule has 0 fully saturated rings.